The van der Waals surface area contributed by atoms with Crippen LogP contribution < -0.4 is 11.2 Å². The molecule has 58 valence electrons. The summed E-state index contributed by atoms with van der Waals surface area (Å²) in [5, 5.41) is 6.55. The van der Waals surface area contributed by atoms with Crippen LogP contribution in [-0.4, -0.2) is 18.7 Å². The number of hydrogen-bond donors (Lipinski definition) is 3. The maximum absolute atomic E-state index is 10.3. The summed E-state index contributed by atoms with van der Waals surface area (Å²) >= 11 is 0. The van der Waals surface area contributed by atoms with Gasteiger partial charge in [-0.2, -0.15) is 5.48 Å². The number of rotatable bonds is 1. The Bertz CT molecular complexity index is 136. The molecular weight excluding hydrogens is 138 g/mol. The number of hydrogen-bond acceptors (Lipinski definition) is 4. The van der Waals surface area contributed by atoms with Gasteiger partial charge in [0, 0.05) is 0 Å². The molecule has 0 rings (SSSR count). The minimum atomic E-state index is -0.905. The average molecular weight is 147 g/mol. The predicted molar refractivity (Wildman–Crippen MR) is 33.2 cm³/mol. The van der Waals surface area contributed by atoms with Gasteiger partial charge in [-0.1, -0.05) is 0 Å². The lowest BCUT2D eigenvalue weighted by atomic mass is 10.9. The molecule has 0 aromatic heterocycles. The molecule has 10 heavy (non-hydrogen) atoms. The first kappa shape index (κ1) is 8.54. The van der Waals surface area contributed by atoms with Crippen molar-refractivity contribution < 1.29 is 14.4 Å². The highest BCUT2D eigenvalue weighted by Crippen LogP contribution is 1.78. The topological polar surface area (TPSA) is 97.4 Å². The minimum absolute atomic E-state index is 0.221. The molecule has 0 atom stereocenters. The summed E-state index contributed by atoms with van der Waals surface area (Å²) in [6, 6.07) is 0. The van der Waals surface area contributed by atoms with Crippen molar-refractivity contribution >= 4 is 12.1 Å². The van der Waals surface area contributed by atoms with Crippen molar-refractivity contribution in [2.24, 2.45) is 5.73 Å². The first-order valence-corrected chi connectivity index (χ1v) is 2.60. The van der Waals surface area contributed by atoms with Crippen LogP contribution in [-0.2, 0) is 9.57 Å². The van der Waals surface area contributed by atoms with Gasteiger partial charge in [-0.3, -0.25) is 5.41 Å². The molecule has 0 saturated heterocycles. The van der Waals surface area contributed by atoms with E-state index in [-0.39, 0.29) is 6.61 Å². The van der Waals surface area contributed by atoms with E-state index in [1.165, 1.54) is 0 Å². The zero-order valence-corrected chi connectivity index (χ0v) is 5.51. The van der Waals surface area contributed by atoms with Crippen molar-refractivity contribution in [1.29, 1.82) is 5.41 Å². The van der Waals surface area contributed by atoms with Crippen molar-refractivity contribution in [2.75, 3.05) is 6.61 Å². The fourth-order valence-electron chi connectivity index (χ4n) is 0.244. The Morgan fingerprint density at radius 1 is 1.80 bits per heavy atom. The Morgan fingerprint density at radius 3 is 2.80 bits per heavy atom. The SMILES string of the molecule is CCOC(=O)ONC(=N)N. The molecule has 0 aromatic rings. The van der Waals surface area contributed by atoms with Gasteiger partial charge >= 0.3 is 6.16 Å². The summed E-state index contributed by atoms with van der Waals surface area (Å²) in [5.41, 5.74) is 6.59. The predicted octanol–water partition coefficient (Wildman–Crippen LogP) is -0.442. The van der Waals surface area contributed by atoms with Crippen molar-refractivity contribution in [3.8, 4) is 0 Å². The Hall–Kier alpha value is -1.46. The zero-order valence-electron chi connectivity index (χ0n) is 5.51. The maximum atomic E-state index is 10.3. The molecule has 0 spiro atoms. The van der Waals surface area contributed by atoms with Crippen LogP contribution >= 0.6 is 0 Å². The molecule has 0 unspecified atom stereocenters. The van der Waals surface area contributed by atoms with Crippen LogP contribution in [0.2, 0.25) is 0 Å². The fourth-order valence-corrected chi connectivity index (χ4v) is 0.244. The smallest absolute Gasteiger partial charge is 0.433 e. The van der Waals surface area contributed by atoms with Crippen molar-refractivity contribution in [1.82, 2.24) is 5.48 Å². The number of guanidine groups is 1. The summed E-state index contributed by atoms with van der Waals surface area (Å²) < 4.78 is 4.32. The summed E-state index contributed by atoms with van der Waals surface area (Å²) in [7, 11) is 0. The molecule has 0 aromatic carbocycles. The third kappa shape index (κ3) is 4.69. The summed E-state index contributed by atoms with van der Waals surface area (Å²) in [4.78, 5) is 14.4. The van der Waals surface area contributed by atoms with E-state index in [4.69, 9.17) is 11.1 Å². The number of carbonyl (C=O) groups is 1. The Morgan fingerprint density at radius 2 is 2.40 bits per heavy atom. The van der Waals surface area contributed by atoms with Crippen molar-refractivity contribution in [3.63, 3.8) is 0 Å². The highest BCUT2D eigenvalue weighted by Gasteiger charge is 2.00. The summed E-state index contributed by atoms with van der Waals surface area (Å²) in [6.45, 7) is 1.85. The monoisotopic (exact) mass is 147 g/mol. The lowest BCUT2D eigenvalue weighted by Crippen LogP contribution is -2.32. The molecule has 0 saturated carbocycles. The Balaban J connectivity index is 3.30. The number of nitrogens with one attached hydrogen (secondary N) is 2. The summed E-state index contributed by atoms with van der Waals surface area (Å²) in [6.07, 6.45) is -0.905. The van der Waals surface area contributed by atoms with E-state index in [9.17, 15) is 4.79 Å². The van der Waals surface area contributed by atoms with Gasteiger partial charge in [0.15, 0.2) is 0 Å². The van der Waals surface area contributed by atoms with Gasteiger partial charge in [-0.15, -0.1) is 0 Å². The quantitative estimate of drug-likeness (QED) is 0.202. The molecule has 0 fully saturated rings. The largest absolute Gasteiger partial charge is 0.533 e. The molecule has 0 aliphatic rings. The first-order chi connectivity index (χ1) is 4.66. The Kier molecular flexibility index (Phi) is 3.78. The van der Waals surface area contributed by atoms with Crippen molar-refractivity contribution in [2.45, 2.75) is 6.92 Å². The number of carbonyl (C=O) groups excluding carboxylic acids is 1. The molecule has 0 aliphatic heterocycles. The second kappa shape index (κ2) is 4.42. The van der Waals surface area contributed by atoms with Gasteiger partial charge in [-0.05, 0) is 6.92 Å². The van der Waals surface area contributed by atoms with Crippen LogP contribution in [0.3, 0.4) is 0 Å². The standard InChI is InChI=1S/C4H9N3O3/c1-2-9-4(8)10-7-3(5)6/h2H2,1H3,(H4,5,6,7). The molecule has 0 heterocycles. The Labute approximate surface area is 57.8 Å². The molecule has 6 nitrogen and oxygen atoms in total. The van der Waals surface area contributed by atoms with Gasteiger partial charge in [-0.25, -0.2) is 4.79 Å². The average Bonchev–Trinajstić information content (AvgIpc) is 1.85. The second-order valence-corrected chi connectivity index (χ2v) is 1.30. The normalized spacial score (nSPS) is 8.10. The lowest BCUT2D eigenvalue weighted by molar-refractivity contribution is 0.0387. The van der Waals surface area contributed by atoms with Crippen molar-refractivity contribution in [3.05, 3.63) is 0 Å². The molecule has 4 N–H and O–H groups in total. The summed E-state index contributed by atoms with van der Waals surface area (Å²) in [5.74, 6) is -0.451. The van der Waals surface area contributed by atoms with E-state index in [0.717, 1.165) is 0 Å². The maximum Gasteiger partial charge on any atom is 0.533 e. The highest BCUT2D eigenvalue weighted by molar-refractivity contribution is 5.74. The molecule has 0 amide bonds. The number of nitrogens with two attached hydrogens (primary N) is 1. The third-order valence-corrected chi connectivity index (χ3v) is 0.507. The van der Waals surface area contributed by atoms with E-state index in [1.807, 2.05) is 5.48 Å². The number of ether oxygens (including phenoxy) is 1. The molecule has 6 heteroatoms. The van der Waals surface area contributed by atoms with Gasteiger partial charge in [0.1, 0.15) is 0 Å². The van der Waals surface area contributed by atoms with E-state index in [0.29, 0.717) is 0 Å². The van der Waals surface area contributed by atoms with E-state index in [1.54, 1.807) is 6.92 Å². The highest BCUT2D eigenvalue weighted by atomic mass is 16.8. The fraction of sp³-hybridized carbons (Fsp3) is 0.500. The van der Waals surface area contributed by atoms with Gasteiger partial charge in [0.05, 0.1) is 6.61 Å². The van der Waals surface area contributed by atoms with Crippen LogP contribution in [0.25, 0.3) is 0 Å². The zero-order chi connectivity index (χ0) is 7.98. The molecular formula is C4H9N3O3. The number of hydroxylamine groups is 1. The first-order valence-electron chi connectivity index (χ1n) is 2.60. The van der Waals surface area contributed by atoms with Crippen LogP contribution in [0.4, 0.5) is 4.79 Å². The molecule has 0 aliphatic carbocycles. The van der Waals surface area contributed by atoms with Gasteiger partial charge in [0.25, 0.3) is 0 Å². The van der Waals surface area contributed by atoms with E-state index < -0.39 is 12.1 Å². The molecule has 0 radical (unpaired) electrons. The lowest BCUT2D eigenvalue weighted by Gasteiger charge is -2.02. The second-order valence-electron chi connectivity index (χ2n) is 1.30. The third-order valence-electron chi connectivity index (χ3n) is 0.507. The van der Waals surface area contributed by atoms with Gasteiger partial charge in [0.2, 0.25) is 5.96 Å². The molecule has 0 bridgehead atoms. The van der Waals surface area contributed by atoms with E-state index in [2.05, 4.69) is 9.57 Å². The minimum Gasteiger partial charge on any atom is -0.433 e. The van der Waals surface area contributed by atoms with Crippen LogP contribution in [0.15, 0.2) is 0 Å². The van der Waals surface area contributed by atoms with Gasteiger partial charge < -0.3 is 15.3 Å². The van der Waals surface area contributed by atoms with Crippen LogP contribution in [0, 0.1) is 5.41 Å². The van der Waals surface area contributed by atoms with Crippen LogP contribution in [0.5, 0.6) is 0 Å². The van der Waals surface area contributed by atoms with Crippen LogP contribution in [0.1, 0.15) is 6.92 Å². The van der Waals surface area contributed by atoms with E-state index >= 15 is 0 Å².